The van der Waals surface area contributed by atoms with Crippen LogP contribution < -0.4 is 4.90 Å². The number of hydrogen-bond acceptors (Lipinski definition) is 4. The van der Waals surface area contributed by atoms with E-state index in [1.54, 1.807) is 31.2 Å². The predicted molar refractivity (Wildman–Crippen MR) is 82.3 cm³/mol. The van der Waals surface area contributed by atoms with Crippen LogP contribution in [-0.2, 0) is 9.59 Å². The zero-order chi connectivity index (χ0) is 16.7. The minimum Gasteiger partial charge on any atom is -0.481 e. The van der Waals surface area contributed by atoms with Crippen molar-refractivity contribution in [2.45, 2.75) is 26.7 Å². The van der Waals surface area contributed by atoms with Crippen molar-refractivity contribution in [3.05, 3.63) is 29.8 Å². The number of carbonyl (C=O) groups is 3. The first-order chi connectivity index (χ1) is 10.3. The Morgan fingerprint density at radius 1 is 1.23 bits per heavy atom. The Balaban J connectivity index is 2.92. The lowest BCUT2D eigenvalue weighted by molar-refractivity contribution is -0.141. The Kier molecular flexibility index (Phi) is 6.56. The third-order valence-electron chi connectivity index (χ3n) is 3.35. The van der Waals surface area contributed by atoms with E-state index in [-0.39, 0.29) is 18.7 Å². The van der Waals surface area contributed by atoms with E-state index in [2.05, 4.69) is 0 Å². The summed E-state index contributed by atoms with van der Waals surface area (Å²) in [6, 6.07) is 6.93. The largest absolute Gasteiger partial charge is 0.481 e. The Labute approximate surface area is 129 Å². The fourth-order valence-electron chi connectivity index (χ4n) is 2.08. The fourth-order valence-corrected chi connectivity index (χ4v) is 2.08. The summed E-state index contributed by atoms with van der Waals surface area (Å²) in [4.78, 5) is 35.0. The summed E-state index contributed by atoms with van der Waals surface area (Å²) in [6.45, 7) is 3.75. The van der Waals surface area contributed by atoms with Gasteiger partial charge in [0.25, 0.3) is 0 Å². The molecule has 2 N–H and O–H groups in total. The molecule has 6 heteroatoms. The van der Waals surface area contributed by atoms with Gasteiger partial charge in [-0.25, -0.2) is 0 Å². The van der Waals surface area contributed by atoms with Gasteiger partial charge in [-0.1, -0.05) is 19.1 Å². The van der Waals surface area contributed by atoms with Crippen molar-refractivity contribution < 1.29 is 24.6 Å². The number of ketones is 1. The van der Waals surface area contributed by atoms with Crippen molar-refractivity contribution in [2.75, 3.05) is 18.0 Å². The molecule has 6 nitrogen and oxygen atoms in total. The summed E-state index contributed by atoms with van der Waals surface area (Å²) < 4.78 is 0. The van der Waals surface area contributed by atoms with Crippen molar-refractivity contribution >= 4 is 23.4 Å². The lowest BCUT2D eigenvalue weighted by Crippen LogP contribution is -2.33. The molecule has 0 saturated carbocycles. The van der Waals surface area contributed by atoms with E-state index in [0.29, 0.717) is 18.5 Å². The van der Waals surface area contributed by atoms with E-state index >= 15 is 0 Å². The smallest absolute Gasteiger partial charge is 0.308 e. The third kappa shape index (κ3) is 5.55. The minimum atomic E-state index is -0.911. The molecule has 0 aliphatic heterocycles. The van der Waals surface area contributed by atoms with Gasteiger partial charge in [-0.15, -0.1) is 0 Å². The first-order valence-corrected chi connectivity index (χ1v) is 7.11. The van der Waals surface area contributed by atoms with Crippen LogP contribution in [-0.4, -0.2) is 41.0 Å². The summed E-state index contributed by atoms with van der Waals surface area (Å²) in [5, 5.41) is 17.8. The first-order valence-electron chi connectivity index (χ1n) is 7.11. The van der Waals surface area contributed by atoms with E-state index < -0.39 is 17.9 Å². The molecule has 22 heavy (non-hydrogen) atoms. The number of hydrogen-bond donors (Lipinski definition) is 2. The summed E-state index contributed by atoms with van der Waals surface area (Å²) >= 11 is 0. The molecule has 0 aromatic heterocycles. The normalized spacial score (nSPS) is 11.7. The number of carbonyl (C=O) groups excluding carboxylic acids is 1. The quantitative estimate of drug-likeness (QED) is 0.680. The van der Waals surface area contributed by atoms with E-state index in [1.165, 1.54) is 6.92 Å². The van der Waals surface area contributed by atoms with Crippen LogP contribution in [0.5, 0.6) is 0 Å². The van der Waals surface area contributed by atoms with Gasteiger partial charge in [0.15, 0.2) is 5.78 Å². The number of benzene rings is 1. The van der Waals surface area contributed by atoms with Crippen LogP contribution >= 0.6 is 0 Å². The van der Waals surface area contributed by atoms with E-state index in [9.17, 15) is 14.4 Å². The molecule has 1 rings (SSSR count). The molecule has 0 saturated heterocycles. The van der Waals surface area contributed by atoms with Crippen molar-refractivity contribution in [1.82, 2.24) is 0 Å². The molecule has 1 atom stereocenters. The van der Waals surface area contributed by atoms with Crippen molar-refractivity contribution in [2.24, 2.45) is 5.92 Å². The summed E-state index contributed by atoms with van der Waals surface area (Å²) in [6.07, 6.45) is 0.427. The van der Waals surface area contributed by atoms with Crippen molar-refractivity contribution in [3.8, 4) is 0 Å². The summed E-state index contributed by atoms with van der Waals surface area (Å²) in [5.41, 5.74) is 1.27. The number of carboxylic acid groups (broad SMARTS) is 2. The summed E-state index contributed by atoms with van der Waals surface area (Å²) in [5.74, 6) is -2.46. The SMILES string of the molecule is CC(=O)c1cccc(N(CCCC(=O)O)CC(C)C(=O)O)c1. The predicted octanol–water partition coefficient (Wildman–Crippen LogP) is 2.28. The van der Waals surface area contributed by atoms with Gasteiger partial charge in [-0.3, -0.25) is 14.4 Å². The van der Waals surface area contributed by atoms with Gasteiger partial charge in [0.1, 0.15) is 0 Å². The fraction of sp³-hybridized carbons (Fsp3) is 0.438. The van der Waals surface area contributed by atoms with E-state index in [0.717, 1.165) is 5.69 Å². The molecular formula is C16H21NO5. The molecule has 0 heterocycles. The number of nitrogens with zero attached hydrogens (tertiary/aromatic N) is 1. The van der Waals surface area contributed by atoms with E-state index in [1.807, 2.05) is 4.90 Å². The molecule has 1 unspecified atom stereocenters. The minimum absolute atomic E-state index is 0.0182. The maximum atomic E-state index is 11.5. The zero-order valence-electron chi connectivity index (χ0n) is 12.8. The van der Waals surface area contributed by atoms with Crippen LogP contribution in [0.1, 0.15) is 37.0 Å². The van der Waals surface area contributed by atoms with Gasteiger partial charge < -0.3 is 15.1 Å². The van der Waals surface area contributed by atoms with Gasteiger partial charge in [-0.05, 0) is 25.5 Å². The number of anilines is 1. The molecule has 1 aromatic rings. The van der Waals surface area contributed by atoms with Gasteiger partial charge in [0.2, 0.25) is 0 Å². The van der Waals surface area contributed by atoms with E-state index in [4.69, 9.17) is 10.2 Å². The molecule has 0 amide bonds. The average molecular weight is 307 g/mol. The van der Waals surface area contributed by atoms with Gasteiger partial charge in [0.05, 0.1) is 5.92 Å². The monoisotopic (exact) mass is 307 g/mol. The molecule has 120 valence electrons. The van der Waals surface area contributed by atoms with Crippen molar-refractivity contribution in [1.29, 1.82) is 0 Å². The van der Waals surface area contributed by atoms with Crippen LogP contribution in [0, 0.1) is 5.92 Å². The molecule has 0 bridgehead atoms. The first kappa shape index (κ1) is 17.7. The Hall–Kier alpha value is -2.37. The molecule has 0 spiro atoms. The molecule has 0 aliphatic rings. The summed E-state index contributed by atoms with van der Waals surface area (Å²) in [7, 11) is 0. The topological polar surface area (TPSA) is 94.9 Å². The third-order valence-corrected chi connectivity index (χ3v) is 3.35. The number of Topliss-reactive ketones (excluding diaryl/α,β-unsaturated/α-hetero) is 1. The van der Waals surface area contributed by atoms with Crippen LogP contribution in [0.2, 0.25) is 0 Å². The number of carboxylic acids is 2. The average Bonchev–Trinajstić information content (AvgIpc) is 2.45. The van der Waals surface area contributed by atoms with Crippen LogP contribution in [0.3, 0.4) is 0 Å². The van der Waals surface area contributed by atoms with Crippen LogP contribution in [0.15, 0.2) is 24.3 Å². The molecular weight excluding hydrogens is 286 g/mol. The highest BCUT2D eigenvalue weighted by atomic mass is 16.4. The lowest BCUT2D eigenvalue weighted by atomic mass is 10.1. The maximum Gasteiger partial charge on any atom is 0.308 e. The second kappa shape index (κ2) is 8.17. The Morgan fingerprint density at radius 2 is 1.91 bits per heavy atom. The number of rotatable bonds is 9. The number of aliphatic carboxylic acids is 2. The zero-order valence-corrected chi connectivity index (χ0v) is 12.8. The highest BCUT2D eigenvalue weighted by Crippen LogP contribution is 2.19. The standard InChI is InChI=1S/C16H21NO5/c1-11(16(21)22)10-17(8-4-7-15(19)20)14-6-3-5-13(9-14)12(2)18/h3,5-6,9,11H,4,7-8,10H2,1-2H3,(H,19,20)(H,21,22). The Morgan fingerprint density at radius 3 is 2.45 bits per heavy atom. The molecule has 0 aliphatic carbocycles. The maximum absolute atomic E-state index is 11.5. The van der Waals surface area contributed by atoms with Crippen LogP contribution in [0.4, 0.5) is 5.69 Å². The van der Waals surface area contributed by atoms with Gasteiger partial charge in [-0.2, -0.15) is 0 Å². The van der Waals surface area contributed by atoms with Crippen molar-refractivity contribution in [3.63, 3.8) is 0 Å². The van der Waals surface area contributed by atoms with Crippen LogP contribution in [0.25, 0.3) is 0 Å². The van der Waals surface area contributed by atoms with Gasteiger partial charge in [0, 0.05) is 30.8 Å². The highest BCUT2D eigenvalue weighted by Gasteiger charge is 2.17. The highest BCUT2D eigenvalue weighted by molar-refractivity contribution is 5.95. The lowest BCUT2D eigenvalue weighted by Gasteiger charge is -2.27. The second-order valence-corrected chi connectivity index (χ2v) is 5.29. The molecule has 0 fully saturated rings. The Bertz CT molecular complexity index is 555. The second-order valence-electron chi connectivity index (χ2n) is 5.29. The molecule has 1 aromatic carbocycles. The molecule has 0 radical (unpaired) electrons. The van der Waals surface area contributed by atoms with Gasteiger partial charge >= 0.3 is 11.9 Å².